The van der Waals surface area contributed by atoms with Gasteiger partial charge in [-0.25, -0.2) is 4.99 Å². The van der Waals surface area contributed by atoms with Crippen molar-refractivity contribution in [1.82, 2.24) is 15.1 Å². The number of nitrogens with zero attached hydrogens (tertiary/aromatic N) is 3. The number of hydrogen-bond acceptors (Lipinski definition) is 5. The van der Waals surface area contributed by atoms with E-state index in [1.54, 1.807) is 0 Å². The molecule has 2 heterocycles. The number of carbonyl (C=O) groups is 2. The molecule has 7 heteroatoms. The quantitative estimate of drug-likeness (QED) is 0.697. The van der Waals surface area contributed by atoms with Crippen LogP contribution in [0.25, 0.3) is 0 Å². The molecule has 7 nitrogen and oxygen atoms in total. The Morgan fingerprint density at radius 2 is 2.07 bits per heavy atom. The third-order valence-corrected chi connectivity index (χ3v) is 6.14. The van der Waals surface area contributed by atoms with Crippen LogP contribution in [-0.4, -0.2) is 52.8 Å². The summed E-state index contributed by atoms with van der Waals surface area (Å²) in [6.45, 7) is 5.74. The molecule has 0 unspecified atom stereocenters. The van der Waals surface area contributed by atoms with Crippen LogP contribution in [0.1, 0.15) is 64.4 Å². The predicted molar refractivity (Wildman–Crippen MR) is 116 cm³/mol. The van der Waals surface area contributed by atoms with Crippen LogP contribution in [0.15, 0.2) is 23.2 Å². The lowest BCUT2D eigenvalue weighted by molar-refractivity contribution is -0.136. The minimum absolute atomic E-state index is 0.0219. The maximum absolute atomic E-state index is 12.8. The van der Waals surface area contributed by atoms with E-state index in [0.717, 1.165) is 29.8 Å². The summed E-state index contributed by atoms with van der Waals surface area (Å²) >= 11 is 0. The molecule has 2 fully saturated rings. The first kappa shape index (κ1) is 20.7. The van der Waals surface area contributed by atoms with Gasteiger partial charge >= 0.3 is 0 Å². The Kier molecular flexibility index (Phi) is 6.25. The fourth-order valence-electron chi connectivity index (χ4n) is 4.74. The molecule has 0 aromatic heterocycles. The molecule has 1 aromatic rings. The standard InChI is InChI=1S/C23H32N4O3/c1-16(2)27(18-7-4-3-5-8-18)22(29)9-6-12-30-19-10-11-20-17(13-19)14-26-15-21(28)25-23(26)24-20/h10-11,13,16,18H,3-9,12,14-15H2,1-2H3,(H,24,25,28). The summed E-state index contributed by atoms with van der Waals surface area (Å²) in [5.74, 6) is 1.64. The summed E-state index contributed by atoms with van der Waals surface area (Å²) in [6.07, 6.45) is 7.26. The molecule has 30 heavy (non-hydrogen) atoms. The van der Waals surface area contributed by atoms with E-state index in [4.69, 9.17) is 4.74 Å². The zero-order valence-corrected chi connectivity index (χ0v) is 18.0. The minimum Gasteiger partial charge on any atom is -0.494 e. The number of hydrogen-bond donors (Lipinski definition) is 1. The summed E-state index contributed by atoms with van der Waals surface area (Å²) in [5.41, 5.74) is 1.91. The van der Waals surface area contributed by atoms with E-state index in [9.17, 15) is 9.59 Å². The van der Waals surface area contributed by atoms with E-state index in [0.29, 0.717) is 44.5 Å². The molecule has 4 rings (SSSR count). The summed E-state index contributed by atoms with van der Waals surface area (Å²) in [6, 6.07) is 6.47. The van der Waals surface area contributed by atoms with Crippen molar-refractivity contribution in [2.45, 2.75) is 77.4 Å². The molecule has 1 saturated carbocycles. The van der Waals surface area contributed by atoms with Crippen LogP contribution in [0.4, 0.5) is 5.69 Å². The zero-order valence-electron chi connectivity index (χ0n) is 18.0. The van der Waals surface area contributed by atoms with Gasteiger partial charge in [-0.2, -0.15) is 0 Å². The Balaban J connectivity index is 1.27. The van der Waals surface area contributed by atoms with Gasteiger partial charge < -0.3 is 14.5 Å². The normalized spacial score (nSPS) is 18.6. The van der Waals surface area contributed by atoms with E-state index in [1.807, 2.05) is 23.1 Å². The average Bonchev–Trinajstić information content (AvgIpc) is 3.08. The number of fused-ring (bicyclic) bond motifs is 2. The third kappa shape index (κ3) is 4.60. The van der Waals surface area contributed by atoms with Crippen LogP contribution in [0.3, 0.4) is 0 Å². The van der Waals surface area contributed by atoms with Crippen molar-refractivity contribution in [3.05, 3.63) is 23.8 Å². The highest BCUT2D eigenvalue weighted by molar-refractivity contribution is 6.05. The van der Waals surface area contributed by atoms with Crippen molar-refractivity contribution in [2.75, 3.05) is 13.2 Å². The predicted octanol–water partition coefficient (Wildman–Crippen LogP) is 3.35. The van der Waals surface area contributed by atoms with Gasteiger partial charge in [0.25, 0.3) is 0 Å². The second kappa shape index (κ2) is 9.06. The van der Waals surface area contributed by atoms with E-state index < -0.39 is 0 Å². The summed E-state index contributed by atoms with van der Waals surface area (Å²) < 4.78 is 5.92. The van der Waals surface area contributed by atoms with Gasteiger partial charge in [0.15, 0.2) is 0 Å². The van der Waals surface area contributed by atoms with Gasteiger partial charge in [0.05, 0.1) is 12.3 Å². The van der Waals surface area contributed by atoms with Crippen LogP contribution in [-0.2, 0) is 16.1 Å². The molecule has 1 saturated heterocycles. The van der Waals surface area contributed by atoms with Crippen molar-refractivity contribution in [2.24, 2.45) is 4.99 Å². The Morgan fingerprint density at radius 3 is 2.83 bits per heavy atom. The van der Waals surface area contributed by atoms with Crippen LogP contribution >= 0.6 is 0 Å². The highest BCUT2D eigenvalue weighted by Gasteiger charge is 2.29. The molecule has 3 aliphatic rings. The monoisotopic (exact) mass is 412 g/mol. The summed E-state index contributed by atoms with van der Waals surface area (Å²) in [7, 11) is 0. The molecule has 0 spiro atoms. The van der Waals surface area contributed by atoms with Gasteiger partial charge in [-0.1, -0.05) is 19.3 Å². The zero-order chi connectivity index (χ0) is 21.1. The molecular weight excluding hydrogens is 380 g/mol. The van der Waals surface area contributed by atoms with Gasteiger partial charge in [0.2, 0.25) is 17.8 Å². The molecule has 2 amide bonds. The van der Waals surface area contributed by atoms with Crippen LogP contribution < -0.4 is 10.1 Å². The van der Waals surface area contributed by atoms with E-state index in [2.05, 4.69) is 29.1 Å². The Bertz CT molecular complexity index is 830. The van der Waals surface area contributed by atoms with Gasteiger partial charge in [-0.3, -0.25) is 14.9 Å². The van der Waals surface area contributed by atoms with Crippen molar-refractivity contribution < 1.29 is 14.3 Å². The van der Waals surface area contributed by atoms with Crippen molar-refractivity contribution in [1.29, 1.82) is 0 Å². The van der Waals surface area contributed by atoms with Gasteiger partial charge in [0, 0.05) is 30.6 Å². The first-order valence-corrected chi connectivity index (χ1v) is 11.2. The lowest BCUT2D eigenvalue weighted by atomic mass is 9.93. The van der Waals surface area contributed by atoms with Crippen molar-refractivity contribution in [3.8, 4) is 5.75 Å². The van der Waals surface area contributed by atoms with Crippen LogP contribution in [0.2, 0.25) is 0 Å². The molecule has 0 radical (unpaired) electrons. The lowest BCUT2D eigenvalue weighted by Crippen LogP contribution is -2.45. The number of nitrogens with one attached hydrogen (secondary N) is 1. The second-order valence-corrected chi connectivity index (χ2v) is 8.77. The number of aliphatic imine (C=N–C) groups is 1. The van der Waals surface area contributed by atoms with E-state index in [1.165, 1.54) is 19.3 Å². The first-order valence-electron chi connectivity index (χ1n) is 11.2. The number of carbonyl (C=O) groups excluding carboxylic acids is 2. The fourth-order valence-corrected chi connectivity index (χ4v) is 4.74. The second-order valence-electron chi connectivity index (χ2n) is 8.77. The third-order valence-electron chi connectivity index (χ3n) is 6.14. The Labute approximate surface area is 178 Å². The van der Waals surface area contributed by atoms with Crippen LogP contribution in [0, 0.1) is 0 Å². The number of benzene rings is 1. The van der Waals surface area contributed by atoms with Gasteiger partial charge in [-0.05, 0) is 51.3 Å². The van der Waals surface area contributed by atoms with E-state index >= 15 is 0 Å². The van der Waals surface area contributed by atoms with E-state index in [-0.39, 0.29) is 17.9 Å². The number of rotatable bonds is 7. The van der Waals surface area contributed by atoms with Crippen molar-refractivity contribution in [3.63, 3.8) is 0 Å². The van der Waals surface area contributed by atoms with Gasteiger partial charge in [-0.15, -0.1) is 0 Å². The average molecular weight is 413 g/mol. The Morgan fingerprint density at radius 1 is 1.27 bits per heavy atom. The lowest BCUT2D eigenvalue weighted by Gasteiger charge is -2.37. The van der Waals surface area contributed by atoms with Crippen LogP contribution in [0.5, 0.6) is 5.75 Å². The smallest absolute Gasteiger partial charge is 0.246 e. The molecule has 0 atom stereocenters. The highest BCUT2D eigenvalue weighted by atomic mass is 16.5. The maximum atomic E-state index is 12.8. The van der Waals surface area contributed by atoms with Crippen molar-refractivity contribution >= 4 is 23.5 Å². The molecule has 1 aromatic carbocycles. The number of ether oxygens (including phenoxy) is 1. The maximum Gasteiger partial charge on any atom is 0.246 e. The summed E-state index contributed by atoms with van der Waals surface area (Å²) in [5, 5.41) is 2.77. The molecule has 162 valence electrons. The first-order chi connectivity index (χ1) is 14.5. The molecule has 1 N–H and O–H groups in total. The Hall–Kier alpha value is -2.57. The SMILES string of the molecule is CC(C)N(C(=O)CCCOc1ccc2c(c1)CN1CC(=O)NC1=N2)C1CCCCC1. The summed E-state index contributed by atoms with van der Waals surface area (Å²) in [4.78, 5) is 32.9. The number of amides is 2. The van der Waals surface area contributed by atoms with Gasteiger partial charge in [0.1, 0.15) is 12.3 Å². The largest absolute Gasteiger partial charge is 0.494 e. The minimum atomic E-state index is -0.0219. The molecule has 0 bridgehead atoms. The molecule has 1 aliphatic carbocycles. The molecule has 2 aliphatic heterocycles. The molecular formula is C23H32N4O3. The number of guanidine groups is 1. The fraction of sp³-hybridized carbons (Fsp3) is 0.609. The highest BCUT2D eigenvalue weighted by Crippen LogP contribution is 2.30. The topological polar surface area (TPSA) is 74.2 Å².